The Bertz CT molecular complexity index is 1100. The zero-order chi connectivity index (χ0) is 18.1. The van der Waals surface area contributed by atoms with Crippen LogP contribution in [-0.4, -0.2) is 11.5 Å². The minimum atomic E-state index is 0.484. The van der Waals surface area contributed by atoms with Gasteiger partial charge in [-0.05, 0) is 31.2 Å². The van der Waals surface area contributed by atoms with Crippen LogP contribution in [0.3, 0.4) is 0 Å². The van der Waals surface area contributed by atoms with Crippen molar-refractivity contribution in [2.75, 3.05) is 11.9 Å². The molecule has 7 heteroatoms. The number of nitrogens with one attached hydrogen (secondary N) is 1. The Kier molecular flexibility index (Phi) is 4.76. The number of hydrogen-bond acceptors (Lipinski definition) is 5. The van der Waals surface area contributed by atoms with Crippen molar-refractivity contribution in [1.29, 1.82) is 0 Å². The van der Waals surface area contributed by atoms with Gasteiger partial charge in [-0.1, -0.05) is 58.8 Å². The molecule has 0 saturated heterocycles. The second kappa shape index (κ2) is 7.19. The molecular weight excluding hydrogens is 387 g/mol. The first kappa shape index (κ1) is 17.2. The molecule has 1 aromatic heterocycles. The van der Waals surface area contributed by atoms with Crippen LogP contribution in [0.4, 0.5) is 16.5 Å². The van der Waals surface area contributed by atoms with E-state index in [4.69, 9.17) is 23.2 Å². The highest BCUT2D eigenvalue weighted by molar-refractivity contribution is 7.22. The molecule has 0 atom stereocenters. The van der Waals surface area contributed by atoms with Crippen LogP contribution in [0.5, 0.6) is 0 Å². The number of azo groups is 1. The number of benzene rings is 3. The van der Waals surface area contributed by atoms with E-state index in [1.807, 2.05) is 30.3 Å². The summed E-state index contributed by atoms with van der Waals surface area (Å²) in [6.45, 7) is 2.94. The van der Waals surface area contributed by atoms with Crippen molar-refractivity contribution >= 4 is 72.0 Å². The van der Waals surface area contributed by atoms with E-state index in [0.717, 1.165) is 38.9 Å². The Morgan fingerprint density at radius 1 is 1.00 bits per heavy atom. The van der Waals surface area contributed by atoms with Gasteiger partial charge in [-0.3, -0.25) is 0 Å². The topological polar surface area (TPSA) is 49.6 Å². The van der Waals surface area contributed by atoms with Gasteiger partial charge in [0.25, 0.3) is 0 Å². The Labute approximate surface area is 164 Å². The largest absolute Gasteiger partial charge is 0.385 e. The fourth-order valence-corrected chi connectivity index (χ4v) is 3.96. The van der Waals surface area contributed by atoms with Crippen molar-refractivity contribution in [3.05, 3.63) is 58.6 Å². The fourth-order valence-electron chi connectivity index (χ4n) is 2.77. The predicted octanol–water partition coefficient (Wildman–Crippen LogP) is 7.60. The summed E-state index contributed by atoms with van der Waals surface area (Å²) >= 11 is 13.5. The number of rotatable bonds is 4. The number of aromatic nitrogens is 1. The molecule has 0 saturated carbocycles. The molecule has 4 rings (SSSR count). The van der Waals surface area contributed by atoms with Crippen molar-refractivity contribution in [2.24, 2.45) is 10.2 Å². The molecule has 0 bridgehead atoms. The average molecular weight is 401 g/mol. The van der Waals surface area contributed by atoms with Crippen molar-refractivity contribution in [1.82, 2.24) is 4.98 Å². The third-order valence-corrected chi connectivity index (χ3v) is 5.56. The second-order valence-corrected chi connectivity index (χ2v) is 7.46. The van der Waals surface area contributed by atoms with E-state index >= 15 is 0 Å². The first-order valence-electron chi connectivity index (χ1n) is 8.08. The summed E-state index contributed by atoms with van der Waals surface area (Å²) in [5.74, 6) is 0. The molecule has 0 aliphatic carbocycles. The Morgan fingerprint density at radius 3 is 2.58 bits per heavy atom. The van der Waals surface area contributed by atoms with Gasteiger partial charge in [0.15, 0.2) is 0 Å². The molecular formula is C19H14Cl2N4S. The Morgan fingerprint density at radius 2 is 1.77 bits per heavy atom. The van der Waals surface area contributed by atoms with Gasteiger partial charge >= 0.3 is 0 Å². The van der Waals surface area contributed by atoms with Crippen LogP contribution in [0.15, 0.2) is 58.8 Å². The lowest BCUT2D eigenvalue weighted by Gasteiger charge is -2.09. The number of thiazole rings is 1. The van der Waals surface area contributed by atoms with E-state index in [1.165, 1.54) is 11.3 Å². The first-order chi connectivity index (χ1) is 12.7. The van der Waals surface area contributed by atoms with Gasteiger partial charge in [-0.2, -0.15) is 0 Å². The highest BCUT2D eigenvalue weighted by atomic mass is 35.5. The zero-order valence-electron chi connectivity index (χ0n) is 13.8. The van der Waals surface area contributed by atoms with Gasteiger partial charge in [0.2, 0.25) is 5.13 Å². The molecule has 0 aliphatic rings. The predicted molar refractivity (Wildman–Crippen MR) is 112 cm³/mol. The normalized spacial score (nSPS) is 11.7. The van der Waals surface area contributed by atoms with Crippen molar-refractivity contribution in [3.8, 4) is 0 Å². The fraction of sp³-hybridized carbons (Fsp3) is 0.105. The van der Waals surface area contributed by atoms with E-state index in [0.29, 0.717) is 15.2 Å². The van der Waals surface area contributed by atoms with Crippen LogP contribution in [0.25, 0.3) is 21.0 Å². The molecule has 26 heavy (non-hydrogen) atoms. The second-order valence-electron chi connectivity index (χ2n) is 5.64. The van der Waals surface area contributed by atoms with Crippen molar-refractivity contribution < 1.29 is 0 Å². The zero-order valence-corrected chi connectivity index (χ0v) is 16.2. The summed E-state index contributed by atoms with van der Waals surface area (Å²) in [4.78, 5) is 4.46. The van der Waals surface area contributed by atoms with E-state index in [9.17, 15) is 0 Å². The molecule has 3 aromatic carbocycles. The Hall–Kier alpha value is -2.21. The van der Waals surface area contributed by atoms with Crippen LogP contribution < -0.4 is 5.32 Å². The summed E-state index contributed by atoms with van der Waals surface area (Å²) in [7, 11) is 0. The molecule has 0 aliphatic heterocycles. The maximum Gasteiger partial charge on any atom is 0.231 e. The van der Waals surface area contributed by atoms with Crippen LogP contribution in [-0.2, 0) is 0 Å². The van der Waals surface area contributed by atoms with E-state index in [1.54, 1.807) is 12.1 Å². The first-order valence-corrected chi connectivity index (χ1v) is 9.66. The number of nitrogens with zero attached hydrogens (tertiary/aromatic N) is 3. The minimum absolute atomic E-state index is 0.484. The number of anilines is 1. The summed E-state index contributed by atoms with van der Waals surface area (Å²) < 4.78 is 0.931. The summed E-state index contributed by atoms with van der Waals surface area (Å²) in [6, 6.07) is 15.7. The SMILES string of the molecule is CCNc1ccc(N=Nc2nc3cc(Cl)c(Cl)cc3s2)c2ccccc12. The van der Waals surface area contributed by atoms with Gasteiger partial charge in [0.05, 0.1) is 25.9 Å². The van der Waals surface area contributed by atoms with Crippen LogP contribution in [0, 0.1) is 0 Å². The third kappa shape index (κ3) is 3.26. The van der Waals surface area contributed by atoms with Gasteiger partial charge in [0, 0.05) is 23.0 Å². The quantitative estimate of drug-likeness (QED) is 0.358. The molecule has 0 spiro atoms. The van der Waals surface area contributed by atoms with E-state index < -0.39 is 0 Å². The smallest absolute Gasteiger partial charge is 0.231 e. The summed E-state index contributed by atoms with van der Waals surface area (Å²) in [6.07, 6.45) is 0. The van der Waals surface area contributed by atoms with E-state index in [-0.39, 0.29) is 0 Å². The van der Waals surface area contributed by atoms with E-state index in [2.05, 4.69) is 33.5 Å². The minimum Gasteiger partial charge on any atom is -0.385 e. The molecule has 4 aromatic rings. The number of fused-ring (bicyclic) bond motifs is 2. The van der Waals surface area contributed by atoms with Gasteiger partial charge in [0.1, 0.15) is 0 Å². The van der Waals surface area contributed by atoms with Crippen LogP contribution in [0.2, 0.25) is 10.0 Å². The van der Waals surface area contributed by atoms with Crippen molar-refractivity contribution in [2.45, 2.75) is 6.92 Å². The van der Waals surface area contributed by atoms with Crippen molar-refractivity contribution in [3.63, 3.8) is 0 Å². The molecule has 0 fully saturated rings. The molecule has 0 radical (unpaired) electrons. The van der Waals surface area contributed by atoms with Crippen LogP contribution >= 0.6 is 34.5 Å². The number of halogens is 2. The average Bonchev–Trinajstić information content (AvgIpc) is 3.03. The molecule has 1 heterocycles. The Balaban J connectivity index is 1.74. The highest BCUT2D eigenvalue weighted by Crippen LogP contribution is 2.36. The number of hydrogen-bond donors (Lipinski definition) is 1. The summed E-state index contributed by atoms with van der Waals surface area (Å²) in [5.41, 5.74) is 2.66. The third-order valence-electron chi connectivity index (χ3n) is 3.93. The van der Waals surface area contributed by atoms with Crippen LogP contribution in [0.1, 0.15) is 6.92 Å². The molecule has 4 nitrogen and oxygen atoms in total. The van der Waals surface area contributed by atoms with Gasteiger partial charge in [-0.15, -0.1) is 10.2 Å². The lowest BCUT2D eigenvalue weighted by molar-refractivity contribution is 1.21. The lowest BCUT2D eigenvalue weighted by atomic mass is 10.1. The maximum atomic E-state index is 6.06. The standard InChI is InChI=1S/C19H14Cl2N4S/c1-2-22-15-7-8-16(12-6-4-3-5-11(12)15)24-25-19-23-17-9-13(20)14(21)10-18(17)26-19/h3-10,22H,2H2,1H3. The molecule has 0 amide bonds. The highest BCUT2D eigenvalue weighted by Gasteiger charge is 2.08. The molecule has 1 N–H and O–H groups in total. The lowest BCUT2D eigenvalue weighted by Crippen LogP contribution is -1.96. The maximum absolute atomic E-state index is 6.06. The van der Waals surface area contributed by atoms with Gasteiger partial charge < -0.3 is 5.32 Å². The van der Waals surface area contributed by atoms with Gasteiger partial charge in [-0.25, -0.2) is 4.98 Å². The monoisotopic (exact) mass is 400 g/mol. The molecule has 130 valence electrons. The molecule has 0 unspecified atom stereocenters. The summed E-state index contributed by atoms with van der Waals surface area (Å²) in [5, 5.41) is 15.8.